The van der Waals surface area contributed by atoms with Gasteiger partial charge < -0.3 is 15.2 Å². The van der Waals surface area contributed by atoms with E-state index >= 15 is 0 Å². The fraction of sp³-hybridized carbons (Fsp3) is 0.0625. The summed E-state index contributed by atoms with van der Waals surface area (Å²) in [6.45, 7) is 1.69. The zero-order chi connectivity index (χ0) is 17.1. The highest BCUT2D eigenvalue weighted by atomic mass is 19.1. The maximum absolute atomic E-state index is 13.5. The maximum atomic E-state index is 13.5. The van der Waals surface area contributed by atoms with E-state index in [-0.39, 0.29) is 5.69 Å². The number of hydrogen-bond donors (Lipinski definition) is 2. The topological polar surface area (TPSA) is 80.0 Å². The first-order valence-corrected chi connectivity index (χ1v) is 6.95. The zero-order valence-corrected chi connectivity index (χ0v) is 12.5. The Morgan fingerprint density at radius 1 is 1.08 bits per heavy atom. The van der Waals surface area contributed by atoms with Gasteiger partial charge in [0.2, 0.25) is 11.7 Å². The first-order valence-electron chi connectivity index (χ1n) is 6.95. The van der Waals surface area contributed by atoms with E-state index in [9.17, 15) is 13.6 Å². The monoisotopic (exact) mass is 330 g/mol. The molecule has 1 heterocycles. The lowest BCUT2D eigenvalue weighted by molar-refractivity contribution is 0.262. The van der Waals surface area contributed by atoms with Crippen molar-refractivity contribution >= 4 is 17.4 Å². The van der Waals surface area contributed by atoms with Crippen LogP contribution in [0.15, 0.2) is 47.0 Å². The Labute approximate surface area is 135 Å². The van der Waals surface area contributed by atoms with Crippen molar-refractivity contribution in [2.24, 2.45) is 0 Å². The van der Waals surface area contributed by atoms with Gasteiger partial charge in [-0.15, -0.1) is 0 Å². The average Bonchev–Trinajstić information content (AvgIpc) is 2.97. The fourth-order valence-electron chi connectivity index (χ4n) is 1.99. The van der Waals surface area contributed by atoms with Gasteiger partial charge in [-0.2, -0.15) is 4.98 Å². The summed E-state index contributed by atoms with van der Waals surface area (Å²) in [6.07, 6.45) is 0. The fourth-order valence-corrected chi connectivity index (χ4v) is 1.99. The number of nitrogens with one attached hydrogen (secondary N) is 2. The minimum absolute atomic E-state index is 0.118. The molecule has 1 aromatic heterocycles. The van der Waals surface area contributed by atoms with Crippen molar-refractivity contribution in [1.29, 1.82) is 0 Å². The van der Waals surface area contributed by atoms with Crippen LogP contribution < -0.4 is 10.6 Å². The highest BCUT2D eigenvalue weighted by molar-refractivity contribution is 5.99. The summed E-state index contributed by atoms with van der Waals surface area (Å²) >= 11 is 0. The Morgan fingerprint density at radius 3 is 2.46 bits per heavy atom. The van der Waals surface area contributed by atoms with Crippen LogP contribution in [0.3, 0.4) is 0 Å². The van der Waals surface area contributed by atoms with E-state index in [1.807, 2.05) is 0 Å². The number of carbonyl (C=O) groups is 1. The van der Waals surface area contributed by atoms with Crippen LogP contribution in [0.2, 0.25) is 0 Å². The molecule has 0 atom stereocenters. The van der Waals surface area contributed by atoms with Crippen LogP contribution in [0.25, 0.3) is 11.4 Å². The second-order valence-corrected chi connectivity index (χ2v) is 4.92. The van der Waals surface area contributed by atoms with Crippen molar-refractivity contribution in [3.8, 4) is 11.4 Å². The lowest BCUT2D eigenvalue weighted by Crippen LogP contribution is -2.20. The van der Waals surface area contributed by atoms with Gasteiger partial charge in [-0.1, -0.05) is 5.16 Å². The molecule has 6 nitrogen and oxygen atoms in total. The third-order valence-electron chi connectivity index (χ3n) is 3.11. The summed E-state index contributed by atoms with van der Waals surface area (Å²) in [6, 6.07) is 8.94. The Morgan fingerprint density at radius 2 is 1.83 bits per heavy atom. The van der Waals surface area contributed by atoms with E-state index in [2.05, 4.69) is 20.8 Å². The Balaban J connectivity index is 1.66. The second kappa shape index (κ2) is 6.45. The third kappa shape index (κ3) is 3.54. The van der Waals surface area contributed by atoms with Crippen molar-refractivity contribution in [2.45, 2.75) is 6.92 Å². The zero-order valence-electron chi connectivity index (χ0n) is 12.5. The minimum atomic E-state index is -0.854. The Bertz CT molecular complexity index is 878. The lowest BCUT2D eigenvalue weighted by atomic mass is 10.2. The van der Waals surface area contributed by atoms with Gasteiger partial charge in [0.05, 0.1) is 5.69 Å². The molecule has 2 aromatic carbocycles. The molecule has 0 aliphatic rings. The van der Waals surface area contributed by atoms with Crippen LogP contribution in [-0.4, -0.2) is 16.2 Å². The predicted octanol–water partition coefficient (Wildman–Crippen LogP) is 3.97. The molecule has 0 fully saturated rings. The number of halogens is 2. The molecular formula is C16H12F2N4O2. The van der Waals surface area contributed by atoms with Crippen molar-refractivity contribution in [2.75, 3.05) is 10.6 Å². The lowest BCUT2D eigenvalue weighted by Gasteiger charge is -2.08. The van der Waals surface area contributed by atoms with E-state index in [1.54, 1.807) is 31.2 Å². The summed E-state index contributed by atoms with van der Waals surface area (Å²) in [5, 5.41) is 8.64. The van der Waals surface area contributed by atoms with Crippen LogP contribution in [0, 0.1) is 18.6 Å². The number of nitrogens with zero attached hydrogens (tertiary/aromatic N) is 2. The molecule has 0 unspecified atom stereocenters. The maximum Gasteiger partial charge on any atom is 0.323 e. The molecule has 0 radical (unpaired) electrons. The molecule has 122 valence electrons. The van der Waals surface area contributed by atoms with Crippen molar-refractivity contribution in [1.82, 2.24) is 10.1 Å². The highest BCUT2D eigenvalue weighted by Gasteiger charge is 2.09. The Kier molecular flexibility index (Phi) is 4.19. The van der Waals surface area contributed by atoms with Gasteiger partial charge in [0.15, 0.2) is 0 Å². The molecular weight excluding hydrogens is 318 g/mol. The van der Waals surface area contributed by atoms with E-state index in [4.69, 9.17) is 4.52 Å². The van der Waals surface area contributed by atoms with Crippen molar-refractivity contribution in [3.63, 3.8) is 0 Å². The number of aryl methyl sites for hydroxylation is 1. The van der Waals surface area contributed by atoms with E-state index < -0.39 is 17.7 Å². The third-order valence-corrected chi connectivity index (χ3v) is 3.11. The number of carbonyl (C=O) groups excluding carboxylic acids is 1. The number of urea groups is 1. The number of benzene rings is 2. The molecule has 3 aromatic rings. The molecule has 3 rings (SSSR count). The predicted molar refractivity (Wildman–Crippen MR) is 83.5 cm³/mol. The first-order chi connectivity index (χ1) is 11.5. The van der Waals surface area contributed by atoms with Crippen molar-refractivity contribution < 1.29 is 18.1 Å². The molecule has 0 aliphatic heterocycles. The Hall–Kier alpha value is -3.29. The van der Waals surface area contributed by atoms with Gasteiger partial charge in [0.25, 0.3) is 0 Å². The summed E-state index contributed by atoms with van der Waals surface area (Å²) < 4.78 is 31.2. The molecule has 8 heteroatoms. The summed E-state index contributed by atoms with van der Waals surface area (Å²) in [5.41, 5.74) is 1.09. The molecule has 0 spiro atoms. The first kappa shape index (κ1) is 15.6. The van der Waals surface area contributed by atoms with E-state index in [1.165, 1.54) is 0 Å². The number of anilines is 2. The van der Waals surface area contributed by atoms with Gasteiger partial charge >= 0.3 is 6.03 Å². The van der Waals surface area contributed by atoms with Crippen LogP contribution >= 0.6 is 0 Å². The van der Waals surface area contributed by atoms with Crippen LogP contribution in [0.4, 0.5) is 25.0 Å². The molecule has 0 aliphatic carbocycles. The minimum Gasteiger partial charge on any atom is -0.339 e. The molecule has 24 heavy (non-hydrogen) atoms. The quantitative estimate of drug-likeness (QED) is 0.761. The molecule has 0 saturated carbocycles. The normalized spacial score (nSPS) is 10.5. The van der Waals surface area contributed by atoms with Gasteiger partial charge in [0.1, 0.15) is 11.6 Å². The molecule has 0 bridgehead atoms. The number of amides is 2. The van der Waals surface area contributed by atoms with Gasteiger partial charge in [-0.3, -0.25) is 0 Å². The van der Waals surface area contributed by atoms with E-state index in [0.29, 0.717) is 23.5 Å². The number of rotatable bonds is 3. The average molecular weight is 330 g/mol. The molecule has 2 N–H and O–H groups in total. The van der Waals surface area contributed by atoms with Crippen LogP contribution in [0.5, 0.6) is 0 Å². The van der Waals surface area contributed by atoms with Gasteiger partial charge in [0, 0.05) is 24.2 Å². The van der Waals surface area contributed by atoms with Gasteiger partial charge in [-0.05, 0) is 36.4 Å². The van der Waals surface area contributed by atoms with E-state index in [0.717, 1.165) is 17.7 Å². The summed E-state index contributed by atoms with van der Waals surface area (Å²) in [4.78, 5) is 15.9. The largest absolute Gasteiger partial charge is 0.339 e. The smallest absolute Gasteiger partial charge is 0.323 e. The number of hydrogen-bond acceptors (Lipinski definition) is 4. The summed E-state index contributed by atoms with van der Waals surface area (Å²) in [5.74, 6) is -0.677. The van der Waals surface area contributed by atoms with Crippen LogP contribution in [0.1, 0.15) is 5.89 Å². The second-order valence-electron chi connectivity index (χ2n) is 4.92. The van der Waals surface area contributed by atoms with Crippen molar-refractivity contribution in [3.05, 3.63) is 60.0 Å². The standard InChI is InChI=1S/C16H12F2N4O2/c1-9-19-15(22-24-9)10-2-5-12(6-3-10)20-16(23)21-14-7-4-11(17)8-13(14)18/h2-8H,1H3,(H2,20,21,23). The molecule has 2 amide bonds. The number of aromatic nitrogens is 2. The van der Waals surface area contributed by atoms with Crippen LogP contribution in [-0.2, 0) is 0 Å². The summed E-state index contributed by atoms with van der Waals surface area (Å²) in [7, 11) is 0. The molecule has 0 saturated heterocycles. The highest BCUT2D eigenvalue weighted by Crippen LogP contribution is 2.19. The SMILES string of the molecule is Cc1nc(-c2ccc(NC(=O)Nc3ccc(F)cc3F)cc2)no1. The van der Waals surface area contributed by atoms with Gasteiger partial charge in [-0.25, -0.2) is 13.6 Å².